The first-order valence-electron chi connectivity index (χ1n) is 6.04. The highest BCUT2D eigenvalue weighted by molar-refractivity contribution is 9.10. The number of hydrogen-bond acceptors (Lipinski definition) is 1. The fraction of sp³-hybridized carbons (Fsp3) is 0.500. The molecule has 0 fully saturated rings. The minimum atomic E-state index is 0.478. The summed E-state index contributed by atoms with van der Waals surface area (Å²) in [6.45, 7) is 5.43. The van der Waals surface area contributed by atoms with Gasteiger partial charge in [-0.05, 0) is 36.5 Å². The van der Waals surface area contributed by atoms with E-state index in [1.54, 1.807) is 0 Å². The average Bonchev–Trinajstić information content (AvgIpc) is 2.28. The molecule has 0 amide bonds. The lowest BCUT2D eigenvalue weighted by atomic mass is 9.82. The number of halogens is 1. The van der Waals surface area contributed by atoms with Crippen LogP contribution in [0.3, 0.4) is 0 Å². The van der Waals surface area contributed by atoms with E-state index >= 15 is 0 Å². The van der Waals surface area contributed by atoms with Gasteiger partial charge in [0.15, 0.2) is 0 Å². The van der Waals surface area contributed by atoms with Gasteiger partial charge in [0.05, 0.1) is 0 Å². The molecule has 86 valence electrons. The van der Waals surface area contributed by atoms with Gasteiger partial charge in [0.25, 0.3) is 0 Å². The zero-order valence-corrected chi connectivity index (χ0v) is 11.5. The van der Waals surface area contributed by atoms with Crippen LogP contribution in [0.4, 0.5) is 0 Å². The van der Waals surface area contributed by atoms with Gasteiger partial charge in [0.2, 0.25) is 0 Å². The first-order chi connectivity index (χ1) is 7.74. The molecule has 1 aromatic carbocycles. The van der Waals surface area contributed by atoms with Gasteiger partial charge in [-0.1, -0.05) is 41.9 Å². The van der Waals surface area contributed by atoms with Crippen LogP contribution in [0.25, 0.3) is 0 Å². The quantitative estimate of drug-likeness (QED) is 0.763. The maximum absolute atomic E-state index is 4.72. The largest absolute Gasteiger partial charge is 0.293 e. The number of nitrogens with zero attached hydrogens (tertiary/aromatic N) is 1. The van der Waals surface area contributed by atoms with E-state index in [1.165, 1.54) is 21.3 Å². The molecule has 0 aromatic heterocycles. The first-order valence-corrected chi connectivity index (χ1v) is 6.83. The van der Waals surface area contributed by atoms with E-state index in [2.05, 4.69) is 48.0 Å². The number of fused-ring (bicyclic) bond motifs is 1. The summed E-state index contributed by atoms with van der Waals surface area (Å²) in [5.41, 5.74) is 4.31. The highest BCUT2D eigenvalue weighted by atomic mass is 79.9. The lowest BCUT2D eigenvalue weighted by Crippen LogP contribution is -2.19. The van der Waals surface area contributed by atoms with Gasteiger partial charge in [-0.25, -0.2) is 0 Å². The van der Waals surface area contributed by atoms with Gasteiger partial charge in [0.1, 0.15) is 0 Å². The molecule has 0 saturated heterocycles. The Hall–Kier alpha value is -0.630. The summed E-state index contributed by atoms with van der Waals surface area (Å²) in [6.07, 6.45) is 3.41. The molecule has 1 nitrogen and oxygen atoms in total. The smallest absolute Gasteiger partial charge is 0.0386 e. The summed E-state index contributed by atoms with van der Waals surface area (Å²) in [4.78, 5) is 4.72. The normalized spacial score (nSPS) is 22.2. The van der Waals surface area contributed by atoms with Gasteiger partial charge in [-0.15, -0.1) is 0 Å². The standard InChI is InChI=1S/C14H18BrN/c1-3-9-16-13-8-7-11-5-4-6-12(15)14(11)10(13)2/h4-6,10H,3,7-9H2,1-2H3/b16-13+. The van der Waals surface area contributed by atoms with Crippen LogP contribution in [0.2, 0.25) is 0 Å². The summed E-state index contributed by atoms with van der Waals surface area (Å²) >= 11 is 3.66. The molecule has 1 unspecified atom stereocenters. The van der Waals surface area contributed by atoms with E-state index in [-0.39, 0.29) is 0 Å². The molecule has 0 N–H and O–H groups in total. The predicted octanol–water partition coefficient (Wildman–Crippen LogP) is 4.35. The molecule has 0 aliphatic heterocycles. The van der Waals surface area contributed by atoms with Crippen molar-refractivity contribution in [3.63, 3.8) is 0 Å². The summed E-state index contributed by atoms with van der Waals surface area (Å²) in [5, 5.41) is 0. The average molecular weight is 280 g/mol. The van der Waals surface area contributed by atoms with Crippen molar-refractivity contribution in [1.29, 1.82) is 0 Å². The highest BCUT2D eigenvalue weighted by Gasteiger charge is 2.23. The summed E-state index contributed by atoms with van der Waals surface area (Å²) in [7, 11) is 0. The Morgan fingerprint density at radius 3 is 2.94 bits per heavy atom. The second-order valence-corrected chi connectivity index (χ2v) is 5.26. The Morgan fingerprint density at radius 1 is 1.38 bits per heavy atom. The number of benzene rings is 1. The molecule has 1 atom stereocenters. The Kier molecular flexibility index (Phi) is 3.80. The lowest BCUT2D eigenvalue weighted by molar-refractivity contribution is 0.824. The maximum atomic E-state index is 4.72. The van der Waals surface area contributed by atoms with Gasteiger partial charge < -0.3 is 0 Å². The Labute approximate surface area is 106 Å². The van der Waals surface area contributed by atoms with Crippen LogP contribution >= 0.6 is 15.9 Å². The molecule has 1 aromatic rings. The van der Waals surface area contributed by atoms with Crippen molar-refractivity contribution in [2.24, 2.45) is 4.99 Å². The van der Waals surface area contributed by atoms with Crippen LogP contribution in [-0.4, -0.2) is 12.3 Å². The van der Waals surface area contributed by atoms with Crippen molar-refractivity contribution in [1.82, 2.24) is 0 Å². The third-order valence-corrected chi connectivity index (χ3v) is 3.96. The number of hydrogen-bond donors (Lipinski definition) is 0. The summed E-state index contributed by atoms with van der Waals surface area (Å²) in [5.74, 6) is 0.478. The van der Waals surface area contributed by atoms with Crippen LogP contribution in [0.15, 0.2) is 27.7 Å². The predicted molar refractivity (Wildman–Crippen MR) is 73.5 cm³/mol. The molecule has 1 aliphatic carbocycles. The summed E-state index contributed by atoms with van der Waals surface area (Å²) < 4.78 is 1.24. The van der Waals surface area contributed by atoms with Gasteiger partial charge >= 0.3 is 0 Å². The lowest BCUT2D eigenvalue weighted by Gasteiger charge is -2.25. The van der Waals surface area contributed by atoms with Crippen molar-refractivity contribution in [3.8, 4) is 0 Å². The second-order valence-electron chi connectivity index (χ2n) is 4.41. The molecule has 2 heteroatoms. The Morgan fingerprint density at radius 2 is 2.19 bits per heavy atom. The second kappa shape index (κ2) is 5.13. The zero-order valence-electron chi connectivity index (χ0n) is 9.96. The molecule has 0 bridgehead atoms. The van der Waals surface area contributed by atoms with E-state index < -0.39 is 0 Å². The van der Waals surface area contributed by atoms with Crippen LogP contribution in [-0.2, 0) is 6.42 Å². The van der Waals surface area contributed by atoms with E-state index in [0.717, 1.165) is 25.8 Å². The van der Waals surface area contributed by atoms with Crippen molar-refractivity contribution in [2.45, 2.75) is 39.0 Å². The molecule has 0 spiro atoms. The number of rotatable bonds is 2. The van der Waals surface area contributed by atoms with Gasteiger partial charge in [0, 0.05) is 22.6 Å². The molecule has 0 saturated carbocycles. The summed E-state index contributed by atoms with van der Waals surface area (Å²) in [6, 6.07) is 6.51. The Bertz CT molecular complexity index is 409. The molecular weight excluding hydrogens is 262 g/mol. The van der Waals surface area contributed by atoms with Crippen LogP contribution in [0.5, 0.6) is 0 Å². The topological polar surface area (TPSA) is 12.4 Å². The monoisotopic (exact) mass is 279 g/mol. The molecule has 2 rings (SSSR count). The maximum Gasteiger partial charge on any atom is 0.0386 e. The first kappa shape index (κ1) is 11.8. The SMILES string of the molecule is CCC/N=C1\CCc2cccc(Br)c2C1C. The van der Waals surface area contributed by atoms with E-state index in [4.69, 9.17) is 4.99 Å². The fourth-order valence-corrected chi connectivity index (χ4v) is 3.15. The third kappa shape index (κ3) is 2.22. The van der Waals surface area contributed by atoms with Crippen LogP contribution in [0, 0.1) is 0 Å². The number of aryl methyl sites for hydroxylation is 1. The number of aliphatic imine (C=N–C) groups is 1. The van der Waals surface area contributed by atoms with Crippen molar-refractivity contribution >= 4 is 21.6 Å². The van der Waals surface area contributed by atoms with Crippen LogP contribution in [0.1, 0.15) is 43.7 Å². The zero-order chi connectivity index (χ0) is 11.5. The minimum absolute atomic E-state index is 0.478. The fourth-order valence-electron chi connectivity index (χ4n) is 2.40. The van der Waals surface area contributed by atoms with E-state index in [0.29, 0.717) is 5.92 Å². The van der Waals surface area contributed by atoms with Gasteiger partial charge in [-0.3, -0.25) is 4.99 Å². The van der Waals surface area contributed by atoms with Gasteiger partial charge in [-0.2, -0.15) is 0 Å². The van der Waals surface area contributed by atoms with E-state index in [1.807, 2.05) is 0 Å². The molecule has 0 radical (unpaired) electrons. The molecule has 16 heavy (non-hydrogen) atoms. The highest BCUT2D eigenvalue weighted by Crippen LogP contribution is 2.34. The van der Waals surface area contributed by atoms with E-state index in [9.17, 15) is 0 Å². The van der Waals surface area contributed by atoms with Crippen molar-refractivity contribution < 1.29 is 0 Å². The molecule has 1 aliphatic rings. The van der Waals surface area contributed by atoms with Crippen molar-refractivity contribution in [2.75, 3.05) is 6.54 Å². The van der Waals surface area contributed by atoms with Crippen molar-refractivity contribution in [3.05, 3.63) is 33.8 Å². The third-order valence-electron chi connectivity index (χ3n) is 3.27. The Balaban J connectivity index is 2.34. The minimum Gasteiger partial charge on any atom is -0.293 e. The molecular formula is C14H18BrN. The van der Waals surface area contributed by atoms with Crippen LogP contribution < -0.4 is 0 Å². The molecule has 0 heterocycles.